The minimum Gasteiger partial charge on any atom is -0.356 e. The van der Waals surface area contributed by atoms with E-state index in [1.54, 1.807) is 0 Å². The molecule has 3 nitrogen and oxygen atoms in total. The van der Waals surface area contributed by atoms with Gasteiger partial charge in [0.05, 0.1) is 23.0 Å². The Bertz CT molecular complexity index is 1340. The molecule has 6 rings (SSSR count). The van der Waals surface area contributed by atoms with Gasteiger partial charge in [0.2, 0.25) is 0 Å². The molecule has 32 heavy (non-hydrogen) atoms. The number of hydrogen-bond donors (Lipinski definition) is 1. The molecule has 2 aliphatic rings. The van der Waals surface area contributed by atoms with Gasteiger partial charge < -0.3 is 9.88 Å². The normalized spacial score (nSPS) is 22.3. The summed E-state index contributed by atoms with van der Waals surface area (Å²) >= 11 is 6.04. The molecule has 1 fully saturated rings. The highest BCUT2D eigenvalue weighted by Gasteiger charge is 2.51. The van der Waals surface area contributed by atoms with Crippen LogP contribution in [0.15, 0.2) is 78.9 Å². The second-order valence-electron chi connectivity index (χ2n) is 8.77. The predicted octanol–water partition coefficient (Wildman–Crippen LogP) is 5.74. The largest absolute Gasteiger partial charge is 0.356 e. The molecule has 0 aliphatic carbocycles. The molecule has 1 saturated heterocycles. The number of aromatic nitrogens is 1. The van der Waals surface area contributed by atoms with Gasteiger partial charge in [-0.05, 0) is 34.7 Å². The summed E-state index contributed by atoms with van der Waals surface area (Å²) in [5.41, 5.74) is 6.95. The van der Waals surface area contributed by atoms with Gasteiger partial charge >= 0.3 is 0 Å². The Hall–Kier alpha value is -3.24. The summed E-state index contributed by atoms with van der Waals surface area (Å²) in [5.74, 6) is -0.140. The minimum atomic E-state index is -0.359. The molecule has 0 saturated carbocycles. The number of nitrogens with one attached hydrogen (secondary N) is 1. The van der Waals surface area contributed by atoms with E-state index >= 15 is 0 Å². The van der Waals surface area contributed by atoms with Crippen LogP contribution in [0.1, 0.15) is 46.8 Å². The van der Waals surface area contributed by atoms with E-state index in [0.717, 1.165) is 33.7 Å². The second-order valence-corrected chi connectivity index (χ2v) is 9.19. The molecule has 0 spiro atoms. The maximum atomic E-state index is 13.8. The van der Waals surface area contributed by atoms with Gasteiger partial charge in [0.1, 0.15) is 0 Å². The summed E-state index contributed by atoms with van der Waals surface area (Å²) < 4.78 is 0. The van der Waals surface area contributed by atoms with E-state index in [0.29, 0.717) is 6.42 Å². The maximum absolute atomic E-state index is 13.8. The number of H-pyrrole nitrogens is 1. The van der Waals surface area contributed by atoms with E-state index in [1.165, 1.54) is 16.5 Å². The average molecular weight is 437 g/mol. The van der Waals surface area contributed by atoms with Crippen LogP contribution >= 0.6 is 12.2 Å². The molecule has 2 aliphatic heterocycles. The van der Waals surface area contributed by atoms with Crippen LogP contribution in [0.3, 0.4) is 0 Å². The Morgan fingerprint density at radius 2 is 1.66 bits per heavy atom. The fourth-order valence-electron chi connectivity index (χ4n) is 5.48. The van der Waals surface area contributed by atoms with Crippen molar-refractivity contribution >= 4 is 33.9 Å². The number of Topliss-reactive ketones (excluding diaryl/α,β-unsaturated/α-hetero) is 1. The predicted molar refractivity (Wildman–Crippen MR) is 132 cm³/mol. The van der Waals surface area contributed by atoms with Crippen molar-refractivity contribution in [3.8, 4) is 0 Å². The van der Waals surface area contributed by atoms with E-state index in [2.05, 4.69) is 89.6 Å². The molecular formula is C28H24N2OS. The third-order valence-corrected chi connectivity index (χ3v) is 7.53. The molecule has 0 bridgehead atoms. The van der Waals surface area contributed by atoms with E-state index < -0.39 is 0 Å². The highest BCUT2D eigenvalue weighted by atomic mass is 32.1. The molecule has 0 radical (unpaired) electrons. The number of fused-ring (bicyclic) bond motifs is 4. The number of benzene rings is 3. The Kier molecular flexibility index (Phi) is 4.51. The number of aryl methyl sites for hydroxylation is 1. The Morgan fingerprint density at radius 1 is 0.938 bits per heavy atom. The highest BCUT2D eigenvalue weighted by molar-refractivity contribution is 7.80. The quantitative estimate of drug-likeness (QED) is 0.416. The lowest BCUT2D eigenvalue weighted by Gasteiger charge is -2.38. The van der Waals surface area contributed by atoms with Crippen molar-refractivity contribution < 1.29 is 4.79 Å². The first-order valence-corrected chi connectivity index (χ1v) is 11.7. The van der Waals surface area contributed by atoms with Crippen molar-refractivity contribution in [1.82, 2.24) is 9.88 Å². The van der Waals surface area contributed by atoms with E-state index in [1.807, 2.05) is 6.07 Å². The van der Waals surface area contributed by atoms with E-state index in [9.17, 15) is 4.79 Å². The first-order chi connectivity index (χ1) is 15.7. The summed E-state index contributed by atoms with van der Waals surface area (Å²) in [5, 5.41) is 1.21. The SMILES string of the molecule is CCc1ccc([C@@H]2C(=O)[C@@H]3Cc4c([nH]c5ccccc45)[C@@H](c4ccccc4)N3C2=S)cc1. The van der Waals surface area contributed by atoms with Crippen LogP contribution in [-0.2, 0) is 17.6 Å². The van der Waals surface area contributed by atoms with Crippen molar-refractivity contribution in [2.24, 2.45) is 0 Å². The standard InChI is InChI=1S/C28H24N2OS/c1-2-17-12-14-18(15-13-17)24-27(31)23-16-21-20-10-6-7-11-22(20)29-25(21)26(30(23)28(24)32)19-8-4-3-5-9-19/h3-15,23-24,26,29H,2,16H2,1H3/t23-,24+,26+/m0/s1. The number of aromatic amines is 1. The summed E-state index contributed by atoms with van der Waals surface area (Å²) in [6.07, 6.45) is 1.67. The van der Waals surface area contributed by atoms with E-state index in [4.69, 9.17) is 12.2 Å². The topological polar surface area (TPSA) is 36.1 Å². The number of ketones is 1. The fourth-order valence-corrected chi connectivity index (χ4v) is 5.97. The van der Waals surface area contributed by atoms with Gasteiger partial charge in [0.25, 0.3) is 0 Å². The third kappa shape index (κ3) is 2.79. The van der Waals surface area contributed by atoms with Gasteiger partial charge in [-0.25, -0.2) is 0 Å². The van der Waals surface area contributed by atoms with Crippen LogP contribution in [-0.4, -0.2) is 26.7 Å². The van der Waals surface area contributed by atoms with Crippen molar-refractivity contribution in [3.63, 3.8) is 0 Å². The molecule has 3 atom stereocenters. The lowest BCUT2D eigenvalue weighted by molar-refractivity contribution is -0.121. The highest BCUT2D eigenvalue weighted by Crippen LogP contribution is 2.47. The minimum absolute atomic E-state index is 0.0892. The van der Waals surface area contributed by atoms with Crippen molar-refractivity contribution in [2.75, 3.05) is 0 Å². The van der Waals surface area contributed by atoms with Crippen LogP contribution in [0.2, 0.25) is 0 Å². The Balaban J connectivity index is 1.51. The number of nitrogens with zero attached hydrogens (tertiary/aromatic N) is 1. The van der Waals surface area contributed by atoms with Gasteiger partial charge in [0, 0.05) is 23.0 Å². The Labute approximate surface area is 193 Å². The summed E-state index contributed by atoms with van der Waals surface area (Å²) in [4.78, 5) is 20.4. The summed E-state index contributed by atoms with van der Waals surface area (Å²) in [7, 11) is 0. The second kappa shape index (κ2) is 7.42. The zero-order valence-corrected chi connectivity index (χ0v) is 18.7. The van der Waals surface area contributed by atoms with Gasteiger partial charge in [-0.3, -0.25) is 4.79 Å². The van der Waals surface area contributed by atoms with Crippen LogP contribution in [0, 0.1) is 0 Å². The van der Waals surface area contributed by atoms with Crippen molar-refractivity contribution in [2.45, 2.75) is 37.8 Å². The molecule has 3 heterocycles. The number of para-hydroxylation sites is 1. The molecule has 4 aromatic rings. The Morgan fingerprint density at radius 3 is 2.41 bits per heavy atom. The van der Waals surface area contributed by atoms with Gasteiger partial charge in [-0.1, -0.05) is 91.9 Å². The number of thiocarbonyl (C=S) groups is 1. The summed E-state index contributed by atoms with van der Waals surface area (Å²) in [6.45, 7) is 2.14. The molecule has 1 aromatic heterocycles. The lowest BCUT2D eigenvalue weighted by Crippen LogP contribution is -2.43. The molecular weight excluding hydrogens is 412 g/mol. The number of hydrogen-bond acceptors (Lipinski definition) is 2. The van der Waals surface area contributed by atoms with Gasteiger partial charge in [-0.15, -0.1) is 0 Å². The average Bonchev–Trinajstić information content (AvgIpc) is 3.33. The monoisotopic (exact) mass is 436 g/mol. The maximum Gasteiger partial charge on any atom is 0.169 e. The molecule has 0 unspecified atom stereocenters. The number of carbonyl (C=O) groups is 1. The van der Waals surface area contributed by atoms with E-state index in [-0.39, 0.29) is 23.8 Å². The zero-order valence-electron chi connectivity index (χ0n) is 17.9. The van der Waals surface area contributed by atoms with Crippen LogP contribution in [0.25, 0.3) is 10.9 Å². The lowest BCUT2D eigenvalue weighted by atomic mass is 9.87. The first kappa shape index (κ1) is 19.4. The van der Waals surface area contributed by atoms with Crippen LogP contribution < -0.4 is 0 Å². The van der Waals surface area contributed by atoms with Gasteiger partial charge in [0.15, 0.2) is 5.78 Å². The van der Waals surface area contributed by atoms with Crippen molar-refractivity contribution in [3.05, 3.63) is 107 Å². The molecule has 3 aromatic carbocycles. The van der Waals surface area contributed by atoms with Gasteiger partial charge in [-0.2, -0.15) is 0 Å². The first-order valence-electron chi connectivity index (χ1n) is 11.3. The number of rotatable bonds is 3. The smallest absolute Gasteiger partial charge is 0.169 e. The molecule has 4 heteroatoms. The molecule has 1 N–H and O–H groups in total. The zero-order chi connectivity index (χ0) is 21.8. The fraction of sp³-hybridized carbons (Fsp3) is 0.214. The molecule has 0 amide bonds. The van der Waals surface area contributed by atoms with Crippen LogP contribution in [0.5, 0.6) is 0 Å². The van der Waals surface area contributed by atoms with Crippen LogP contribution in [0.4, 0.5) is 0 Å². The number of carbonyl (C=O) groups excluding carboxylic acids is 1. The third-order valence-electron chi connectivity index (χ3n) is 7.08. The van der Waals surface area contributed by atoms with Crippen molar-refractivity contribution in [1.29, 1.82) is 0 Å². The molecule has 158 valence electrons. The summed E-state index contributed by atoms with van der Waals surface area (Å²) in [6, 6.07) is 26.9.